The van der Waals surface area contributed by atoms with Crippen molar-refractivity contribution in [1.82, 2.24) is 0 Å². The molecule has 0 aliphatic rings. The third kappa shape index (κ3) is 2.61. The van der Waals surface area contributed by atoms with E-state index in [2.05, 4.69) is 4.84 Å². The topological polar surface area (TPSA) is 72.5 Å². The molecule has 1 atom stereocenters. The van der Waals surface area contributed by atoms with Crippen LogP contribution in [0.3, 0.4) is 0 Å². The first kappa shape index (κ1) is 11.6. The number of carboxylic acids is 1. The van der Waals surface area contributed by atoms with Gasteiger partial charge in [-0.05, 0) is 16.3 Å². The molecule has 0 bridgehead atoms. The highest BCUT2D eigenvalue weighted by molar-refractivity contribution is 5.83. The molecule has 0 aliphatic carbocycles. The molecule has 0 saturated heterocycles. The minimum atomic E-state index is -1.05. The van der Waals surface area contributed by atoms with Crippen molar-refractivity contribution in [3.05, 3.63) is 48.0 Å². The molecule has 4 nitrogen and oxygen atoms in total. The molecule has 17 heavy (non-hydrogen) atoms. The van der Waals surface area contributed by atoms with Crippen molar-refractivity contribution in [2.75, 3.05) is 0 Å². The molecular formula is C13H13NO3. The number of fused-ring (bicyclic) bond motifs is 1. The third-order valence-corrected chi connectivity index (χ3v) is 2.67. The summed E-state index contributed by atoms with van der Waals surface area (Å²) in [6.45, 7) is 0. The molecule has 3 N–H and O–H groups in total. The minimum Gasteiger partial charge on any atom is -0.479 e. The van der Waals surface area contributed by atoms with Crippen molar-refractivity contribution in [3.8, 4) is 0 Å². The maximum Gasteiger partial charge on any atom is 0.335 e. The summed E-state index contributed by atoms with van der Waals surface area (Å²) >= 11 is 0. The summed E-state index contributed by atoms with van der Waals surface area (Å²) in [7, 11) is 0. The van der Waals surface area contributed by atoms with Gasteiger partial charge in [0.1, 0.15) is 0 Å². The average molecular weight is 231 g/mol. The number of aliphatic carboxylic acids is 1. The van der Waals surface area contributed by atoms with Crippen LogP contribution in [0, 0.1) is 0 Å². The lowest BCUT2D eigenvalue weighted by molar-refractivity contribution is -0.150. The lowest BCUT2D eigenvalue weighted by Crippen LogP contribution is -2.29. The molecule has 2 aromatic carbocycles. The number of carbonyl (C=O) groups is 1. The molecule has 0 fully saturated rings. The number of rotatable bonds is 4. The van der Waals surface area contributed by atoms with Gasteiger partial charge in [0.15, 0.2) is 6.10 Å². The van der Waals surface area contributed by atoms with Gasteiger partial charge in [0.05, 0.1) is 0 Å². The van der Waals surface area contributed by atoms with Gasteiger partial charge in [0, 0.05) is 6.42 Å². The van der Waals surface area contributed by atoms with E-state index in [0.717, 1.165) is 16.3 Å². The van der Waals surface area contributed by atoms with Crippen molar-refractivity contribution >= 4 is 16.7 Å². The predicted molar refractivity (Wildman–Crippen MR) is 64.3 cm³/mol. The van der Waals surface area contributed by atoms with Crippen LogP contribution in [0.15, 0.2) is 42.5 Å². The highest BCUT2D eigenvalue weighted by atomic mass is 16.6. The Balaban J connectivity index is 2.27. The normalized spacial score (nSPS) is 12.5. The Morgan fingerprint density at radius 3 is 2.59 bits per heavy atom. The second kappa shape index (κ2) is 4.95. The summed E-state index contributed by atoms with van der Waals surface area (Å²) in [6.07, 6.45) is -0.743. The van der Waals surface area contributed by atoms with E-state index >= 15 is 0 Å². The van der Waals surface area contributed by atoms with Crippen molar-refractivity contribution in [1.29, 1.82) is 0 Å². The van der Waals surface area contributed by atoms with Crippen LogP contribution in [0.2, 0.25) is 0 Å². The Hall–Kier alpha value is -1.91. The maximum absolute atomic E-state index is 10.8. The predicted octanol–water partition coefficient (Wildman–Crippen LogP) is 1.73. The van der Waals surface area contributed by atoms with Crippen LogP contribution < -0.4 is 5.90 Å². The Morgan fingerprint density at radius 1 is 1.24 bits per heavy atom. The first-order chi connectivity index (χ1) is 8.20. The average Bonchev–Trinajstić information content (AvgIpc) is 2.35. The summed E-state index contributed by atoms with van der Waals surface area (Å²) in [6, 6.07) is 13.7. The van der Waals surface area contributed by atoms with E-state index in [1.807, 2.05) is 42.5 Å². The summed E-state index contributed by atoms with van der Waals surface area (Å²) in [4.78, 5) is 15.2. The molecule has 0 saturated carbocycles. The van der Waals surface area contributed by atoms with E-state index in [1.54, 1.807) is 0 Å². The summed E-state index contributed by atoms with van der Waals surface area (Å²) < 4.78 is 0. The van der Waals surface area contributed by atoms with E-state index in [1.165, 1.54) is 0 Å². The fraction of sp³-hybridized carbons (Fsp3) is 0.154. The monoisotopic (exact) mass is 231 g/mol. The molecule has 0 aromatic heterocycles. The van der Waals surface area contributed by atoms with Crippen LogP contribution in [0.1, 0.15) is 5.56 Å². The summed E-state index contributed by atoms with van der Waals surface area (Å²) in [5.74, 6) is 3.90. The molecule has 2 rings (SSSR count). The molecule has 4 heteroatoms. The van der Waals surface area contributed by atoms with E-state index in [9.17, 15) is 4.79 Å². The van der Waals surface area contributed by atoms with Gasteiger partial charge < -0.3 is 5.11 Å². The molecule has 0 spiro atoms. The molecule has 0 unspecified atom stereocenters. The van der Waals surface area contributed by atoms with Crippen molar-refractivity contribution in [2.24, 2.45) is 5.90 Å². The molecule has 2 aromatic rings. The van der Waals surface area contributed by atoms with Gasteiger partial charge >= 0.3 is 5.97 Å². The van der Waals surface area contributed by atoms with Gasteiger partial charge in [-0.1, -0.05) is 42.5 Å². The quantitative estimate of drug-likeness (QED) is 0.786. The molecular weight excluding hydrogens is 218 g/mol. The van der Waals surface area contributed by atoms with Gasteiger partial charge in [0.2, 0.25) is 0 Å². The molecule has 0 radical (unpaired) electrons. The maximum atomic E-state index is 10.8. The van der Waals surface area contributed by atoms with Crippen molar-refractivity contribution in [2.45, 2.75) is 12.5 Å². The Labute approximate surface area is 98.6 Å². The number of hydrogen-bond acceptors (Lipinski definition) is 3. The molecule has 0 heterocycles. The molecule has 0 aliphatic heterocycles. The SMILES string of the molecule is NO[C@@H](Cc1ccc2ccccc2c1)C(=O)O. The summed E-state index contributed by atoms with van der Waals surface area (Å²) in [5.41, 5.74) is 0.890. The lowest BCUT2D eigenvalue weighted by atomic mass is 10.0. The molecule has 88 valence electrons. The first-order valence-electron chi connectivity index (χ1n) is 5.26. The highest BCUT2D eigenvalue weighted by Gasteiger charge is 2.17. The Morgan fingerprint density at radius 2 is 1.94 bits per heavy atom. The van der Waals surface area contributed by atoms with Gasteiger partial charge in [-0.25, -0.2) is 10.7 Å². The van der Waals surface area contributed by atoms with Crippen LogP contribution in [-0.4, -0.2) is 17.2 Å². The smallest absolute Gasteiger partial charge is 0.335 e. The minimum absolute atomic E-state index is 0.261. The second-order valence-electron chi connectivity index (χ2n) is 3.85. The first-order valence-corrected chi connectivity index (χ1v) is 5.26. The zero-order valence-electron chi connectivity index (χ0n) is 9.17. The van der Waals surface area contributed by atoms with Gasteiger partial charge in [-0.3, -0.25) is 4.84 Å². The highest BCUT2D eigenvalue weighted by Crippen LogP contribution is 2.17. The largest absolute Gasteiger partial charge is 0.479 e. The van der Waals surface area contributed by atoms with Crippen LogP contribution in [0.4, 0.5) is 0 Å². The van der Waals surface area contributed by atoms with Gasteiger partial charge in [-0.2, -0.15) is 0 Å². The van der Waals surface area contributed by atoms with Crippen LogP contribution >= 0.6 is 0 Å². The number of nitrogens with two attached hydrogens (primary N) is 1. The number of hydrogen-bond donors (Lipinski definition) is 2. The van der Waals surface area contributed by atoms with E-state index < -0.39 is 12.1 Å². The Kier molecular flexibility index (Phi) is 3.37. The van der Waals surface area contributed by atoms with Gasteiger partial charge in [0.25, 0.3) is 0 Å². The van der Waals surface area contributed by atoms with Crippen LogP contribution in [0.5, 0.6) is 0 Å². The van der Waals surface area contributed by atoms with Gasteiger partial charge in [-0.15, -0.1) is 0 Å². The third-order valence-electron chi connectivity index (χ3n) is 2.67. The lowest BCUT2D eigenvalue weighted by Gasteiger charge is -2.10. The Bertz CT molecular complexity index is 539. The van der Waals surface area contributed by atoms with Crippen LogP contribution in [-0.2, 0) is 16.1 Å². The number of carboxylic acid groups (broad SMARTS) is 1. The van der Waals surface area contributed by atoms with E-state index in [-0.39, 0.29) is 6.42 Å². The van der Waals surface area contributed by atoms with E-state index in [4.69, 9.17) is 11.0 Å². The van der Waals surface area contributed by atoms with Crippen molar-refractivity contribution < 1.29 is 14.7 Å². The summed E-state index contributed by atoms with van der Waals surface area (Å²) in [5, 5.41) is 11.0. The fourth-order valence-corrected chi connectivity index (χ4v) is 1.77. The number of benzene rings is 2. The van der Waals surface area contributed by atoms with Crippen LogP contribution in [0.25, 0.3) is 10.8 Å². The fourth-order valence-electron chi connectivity index (χ4n) is 1.77. The standard InChI is InChI=1S/C13H13NO3/c14-17-12(13(15)16)8-9-5-6-10-3-1-2-4-11(10)7-9/h1-7,12H,8,14H2,(H,15,16)/t12-/m0/s1. The molecule has 0 amide bonds. The second-order valence-corrected chi connectivity index (χ2v) is 3.85. The zero-order chi connectivity index (χ0) is 12.3. The van der Waals surface area contributed by atoms with Crippen molar-refractivity contribution in [3.63, 3.8) is 0 Å². The zero-order valence-corrected chi connectivity index (χ0v) is 9.17. The van der Waals surface area contributed by atoms with E-state index in [0.29, 0.717) is 0 Å².